The minimum atomic E-state index is -0.718. The molecule has 32 heavy (non-hydrogen) atoms. The molecule has 3 aromatic heterocycles. The maximum absolute atomic E-state index is 13.2. The molecule has 0 spiro atoms. The smallest absolute Gasteiger partial charge is 0.255 e. The SMILES string of the molecule is Cc1cc(C(C)N2Cc3c(ccnc3N3C[C@@H](O)CC3=O)C2=O)cnc1-n1cc(Cl)cn1. The minimum absolute atomic E-state index is 0.0676. The summed E-state index contributed by atoms with van der Waals surface area (Å²) in [6.45, 7) is 4.39. The summed E-state index contributed by atoms with van der Waals surface area (Å²) in [5, 5.41) is 14.6. The van der Waals surface area contributed by atoms with Crippen LogP contribution in [0.25, 0.3) is 5.82 Å². The normalized spacial score (nSPS) is 19.1. The summed E-state index contributed by atoms with van der Waals surface area (Å²) in [5.41, 5.74) is 3.02. The number of aliphatic hydroxyl groups is 1. The van der Waals surface area contributed by atoms with Crippen LogP contribution in [0.15, 0.2) is 36.9 Å². The van der Waals surface area contributed by atoms with Gasteiger partial charge in [0.15, 0.2) is 5.82 Å². The summed E-state index contributed by atoms with van der Waals surface area (Å²) in [6.07, 6.45) is 5.86. The van der Waals surface area contributed by atoms with E-state index >= 15 is 0 Å². The number of aromatic nitrogens is 4. The Labute approximate surface area is 189 Å². The van der Waals surface area contributed by atoms with E-state index in [4.69, 9.17) is 11.6 Å². The Morgan fingerprint density at radius 1 is 1.22 bits per heavy atom. The van der Waals surface area contributed by atoms with E-state index < -0.39 is 6.10 Å². The van der Waals surface area contributed by atoms with Gasteiger partial charge in [-0.05, 0) is 37.1 Å². The summed E-state index contributed by atoms with van der Waals surface area (Å²) < 4.78 is 1.61. The first-order chi connectivity index (χ1) is 15.3. The lowest BCUT2D eigenvalue weighted by atomic mass is 10.1. The standard InChI is InChI=1S/C22H21ClN6O3/c1-12-5-14(7-25-20(12)29-9-15(23)8-26-29)13(2)27-11-18-17(22(27)32)3-4-24-21(18)28-10-16(30)6-19(28)31/h3-5,7-9,13,16,30H,6,10-11H2,1-2H3/t13?,16-/m0/s1. The molecule has 0 aliphatic carbocycles. The third kappa shape index (κ3) is 3.34. The van der Waals surface area contributed by atoms with Crippen molar-refractivity contribution in [3.8, 4) is 5.82 Å². The number of aryl methyl sites for hydroxylation is 1. The lowest BCUT2D eigenvalue weighted by Crippen LogP contribution is -2.28. The minimum Gasteiger partial charge on any atom is -0.391 e. The van der Waals surface area contributed by atoms with Crippen LogP contribution in [0.5, 0.6) is 0 Å². The van der Waals surface area contributed by atoms with Crippen LogP contribution in [0, 0.1) is 6.92 Å². The molecule has 9 nitrogen and oxygen atoms in total. The Morgan fingerprint density at radius 2 is 2.03 bits per heavy atom. The Balaban J connectivity index is 1.43. The van der Waals surface area contributed by atoms with Crippen LogP contribution in [0.1, 0.15) is 46.4 Å². The molecule has 0 saturated carbocycles. The van der Waals surface area contributed by atoms with Crippen LogP contribution in [-0.4, -0.2) is 54.2 Å². The molecule has 5 heterocycles. The first-order valence-corrected chi connectivity index (χ1v) is 10.7. The first kappa shape index (κ1) is 20.6. The van der Waals surface area contributed by atoms with Gasteiger partial charge in [0.2, 0.25) is 5.91 Å². The van der Waals surface area contributed by atoms with Gasteiger partial charge in [-0.2, -0.15) is 5.10 Å². The zero-order chi connectivity index (χ0) is 22.6. The fraction of sp³-hybridized carbons (Fsp3) is 0.318. The van der Waals surface area contributed by atoms with Gasteiger partial charge >= 0.3 is 0 Å². The summed E-state index contributed by atoms with van der Waals surface area (Å²) in [4.78, 5) is 37.6. The molecule has 1 unspecified atom stereocenters. The van der Waals surface area contributed by atoms with Gasteiger partial charge in [0.1, 0.15) is 5.82 Å². The van der Waals surface area contributed by atoms with Crippen molar-refractivity contribution in [3.63, 3.8) is 0 Å². The van der Waals surface area contributed by atoms with Crippen molar-refractivity contribution in [1.82, 2.24) is 24.6 Å². The van der Waals surface area contributed by atoms with Crippen molar-refractivity contribution in [2.45, 2.75) is 39.0 Å². The Morgan fingerprint density at radius 3 is 2.69 bits per heavy atom. The van der Waals surface area contributed by atoms with Crippen LogP contribution in [0.2, 0.25) is 5.02 Å². The number of hydrogen-bond acceptors (Lipinski definition) is 6. The van der Waals surface area contributed by atoms with Gasteiger partial charge in [-0.25, -0.2) is 14.6 Å². The Hall–Kier alpha value is -3.30. The quantitative estimate of drug-likeness (QED) is 0.652. The van der Waals surface area contributed by atoms with Crippen molar-refractivity contribution in [2.24, 2.45) is 0 Å². The number of halogens is 1. The molecule has 10 heteroatoms. The van der Waals surface area contributed by atoms with Crippen molar-refractivity contribution in [1.29, 1.82) is 0 Å². The molecule has 2 amide bonds. The maximum Gasteiger partial charge on any atom is 0.255 e. The van der Waals surface area contributed by atoms with E-state index in [1.54, 1.807) is 34.2 Å². The number of anilines is 1. The predicted molar refractivity (Wildman–Crippen MR) is 117 cm³/mol. The van der Waals surface area contributed by atoms with E-state index in [1.807, 2.05) is 19.9 Å². The number of nitrogens with zero attached hydrogens (tertiary/aromatic N) is 6. The third-order valence-corrected chi connectivity index (χ3v) is 6.20. The van der Waals surface area contributed by atoms with Gasteiger partial charge < -0.3 is 10.0 Å². The molecule has 2 aliphatic rings. The van der Waals surface area contributed by atoms with Crippen molar-refractivity contribution < 1.29 is 14.7 Å². The molecular weight excluding hydrogens is 432 g/mol. The number of rotatable bonds is 4. The largest absolute Gasteiger partial charge is 0.391 e. The van der Waals surface area contributed by atoms with Crippen LogP contribution in [-0.2, 0) is 11.3 Å². The zero-order valence-electron chi connectivity index (χ0n) is 17.6. The average Bonchev–Trinajstić information content (AvgIpc) is 3.44. The number of aliphatic hydroxyl groups excluding tert-OH is 1. The van der Waals surface area contributed by atoms with Gasteiger partial charge in [-0.1, -0.05) is 11.6 Å². The molecule has 0 aromatic carbocycles. The monoisotopic (exact) mass is 452 g/mol. The number of carbonyl (C=O) groups is 2. The highest BCUT2D eigenvalue weighted by atomic mass is 35.5. The molecule has 0 radical (unpaired) electrons. The second-order valence-corrected chi connectivity index (χ2v) is 8.58. The van der Waals surface area contributed by atoms with Gasteiger partial charge in [0, 0.05) is 23.5 Å². The van der Waals surface area contributed by atoms with Gasteiger partial charge in [0.05, 0.1) is 49.1 Å². The lowest BCUT2D eigenvalue weighted by Gasteiger charge is -2.25. The van der Waals surface area contributed by atoms with Crippen LogP contribution < -0.4 is 4.90 Å². The van der Waals surface area contributed by atoms with Crippen molar-refractivity contribution >= 4 is 29.2 Å². The summed E-state index contributed by atoms with van der Waals surface area (Å²) in [7, 11) is 0. The molecule has 164 valence electrons. The zero-order valence-corrected chi connectivity index (χ0v) is 18.3. The summed E-state index contributed by atoms with van der Waals surface area (Å²) >= 11 is 5.97. The highest BCUT2D eigenvalue weighted by molar-refractivity contribution is 6.30. The fourth-order valence-electron chi connectivity index (χ4n) is 4.33. The third-order valence-electron chi connectivity index (χ3n) is 6.00. The number of fused-ring (bicyclic) bond motifs is 1. The predicted octanol–water partition coefficient (Wildman–Crippen LogP) is 2.44. The number of amides is 2. The highest BCUT2D eigenvalue weighted by Crippen LogP contribution is 2.36. The Bertz CT molecular complexity index is 1240. The summed E-state index contributed by atoms with van der Waals surface area (Å²) in [5.74, 6) is 0.809. The topological polar surface area (TPSA) is 104 Å². The van der Waals surface area contributed by atoms with Crippen molar-refractivity contribution in [2.75, 3.05) is 11.4 Å². The van der Waals surface area contributed by atoms with E-state index in [-0.39, 0.29) is 30.8 Å². The van der Waals surface area contributed by atoms with Gasteiger partial charge in [0.25, 0.3) is 5.91 Å². The molecule has 1 N–H and O–H groups in total. The van der Waals surface area contributed by atoms with E-state index in [2.05, 4.69) is 15.1 Å². The molecule has 1 saturated heterocycles. The fourth-order valence-corrected chi connectivity index (χ4v) is 4.46. The second kappa shape index (κ2) is 7.68. The number of pyridine rings is 2. The molecular formula is C22H21ClN6O3. The molecule has 0 bridgehead atoms. The molecule has 1 fully saturated rings. The number of β-amino-alcohol motifs (C(OH)–C–C–N with tert-alkyl or cyclic N) is 1. The number of carbonyl (C=O) groups excluding carboxylic acids is 2. The Kier molecular flexibility index (Phi) is 4.94. The molecule has 5 rings (SSSR count). The van der Waals surface area contributed by atoms with Crippen LogP contribution in [0.3, 0.4) is 0 Å². The molecule has 2 atom stereocenters. The van der Waals surface area contributed by atoms with Crippen LogP contribution >= 0.6 is 11.6 Å². The van der Waals surface area contributed by atoms with E-state index in [9.17, 15) is 14.7 Å². The lowest BCUT2D eigenvalue weighted by molar-refractivity contribution is -0.117. The molecule has 3 aromatic rings. The average molecular weight is 453 g/mol. The van der Waals surface area contributed by atoms with E-state index in [0.29, 0.717) is 34.3 Å². The summed E-state index contributed by atoms with van der Waals surface area (Å²) in [6, 6.07) is 3.42. The van der Waals surface area contributed by atoms with Gasteiger partial charge in [-0.15, -0.1) is 0 Å². The first-order valence-electron chi connectivity index (χ1n) is 10.3. The van der Waals surface area contributed by atoms with Crippen molar-refractivity contribution in [3.05, 3.63) is 64.2 Å². The number of hydrogen-bond donors (Lipinski definition) is 1. The van der Waals surface area contributed by atoms with E-state index in [0.717, 1.165) is 11.1 Å². The highest BCUT2D eigenvalue weighted by Gasteiger charge is 2.38. The maximum atomic E-state index is 13.2. The van der Waals surface area contributed by atoms with E-state index in [1.165, 1.54) is 11.1 Å². The second-order valence-electron chi connectivity index (χ2n) is 8.14. The van der Waals surface area contributed by atoms with Crippen LogP contribution in [0.4, 0.5) is 5.82 Å². The molecule has 2 aliphatic heterocycles. The van der Waals surface area contributed by atoms with Gasteiger partial charge in [-0.3, -0.25) is 14.5 Å².